The van der Waals surface area contributed by atoms with Gasteiger partial charge in [-0.1, -0.05) is 6.92 Å². The van der Waals surface area contributed by atoms with Gasteiger partial charge >= 0.3 is 0 Å². The summed E-state index contributed by atoms with van der Waals surface area (Å²) in [5, 5.41) is 3.49. The Hall–Kier alpha value is -0.0400. The summed E-state index contributed by atoms with van der Waals surface area (Å²) in [6.45, 7) is 4.62. The first kappa shape index (κ1) is 4.80. The van der Waals surface area contributed by atoms with Crippen molar-refractivity contribution in [1.82, 2.24) is 5.32 Å². The molecule has 4 unspecified atom stereocenters. The zero-order chi connectivity index (χ0) is 5.72. The summed E-state index contributed by atoms with van der Waals surface area (Å²) in [5.74, 6) is 2.01. The molecule has 0 amide bonds. The predicted molar refractivity (Wildman–Crippen MR) is 33.7 cm³/mol. The molecule has 4 atom stereocenters. The number of piperidine rings is 1. The molecule has 1 saturated heterocycles. The third-order valence-electron chi connectivity index (χ3n) is 2.82. The lowest BCUT2D eigenvalue weighted by Crippen LogP contribution is -2.69. The lowest BCUT2D eigenvalue weighted by atomic mass is 9.61. The average molecular weight is 111 g/mol. The van der Waals surface area contributed by atoms with Crippen LogP contribution in [0.4, 0.5) is 0 Å². The second-order valence-electron chi connectivity index (χ2n) is 3.36. The van der Waals surface area contributed by atoms with Crippen molar-refractivity contribution in [2.75, 3.05) is 0 Å². The Morgan fingerprint density at radius 2 is 2.12 bits per heavy atom. The highest BCUT2D eigenvalue weighted by molar-refractivity contribution is 5.06. The maximum atomic E-state index is 3.49. The molecule has 1 nitrogen and oxygen atoms in total. The predicted octanol–water partition coefficient (Wildman–Crippen LogP) is 1.00. The van der Waals surface area contributed by atoms with E-state index in [4.69, 9.17) is 0 Å². The van der Waals surface area contributed by atoms with Crippen molar-refractivity contribution in [3.05, 3.63) is 0 Å². The SMILES string of the molecule is CC1CC2C(C)NC12. The molecule has 0 aromatic carbocycles. The van der Waals surface area contributed by atoms with E-state index in [0.717, 1.165) is 23.9 Å². The number of hydrogen-bond acceptors (Lipinski definition) is 1. The van der Waals surface area contributed by atoms with Crippen LogP contribution in [-0.2, 0) is 0 Å². The van der Waals surface area contributed by atoms with Crippen LogP contribution < -0.4 is 5.32 Å². The van der Waals surface area contributed by atoms with Crippen molar-refractivity contribution >= 4 is 0 Å². The second kappa shape index (κ2) is 1.27. The first-order chi connectivity index (χ1) is 3.79. The molecule has 0 aromatic rings. The lowest BCUT2D eigenvalue weighted by Gasteiger charge is -2.57. The summed E-state index contributed by atoms with van der Waals surface area (Å²) in [5.41, 5.74) is 0. The quantitative estimate of drug-likeness (QED) is 0.492. The summed E-state index contributed by atoms with van der Waals surface area (Å²) in [4.78, 5) is 0. The van der Waals surface area contributed by atoms with E-state index in [0.29, 0.717) is 0 Å². The highest BCUT2D eigenvalue weighted by Gasteiger charge is 2.49. The van der Waals surface area contributed by atoms with Gasteiger partial charge in [-0.2, -0.15) is 0 Å². The molecule has 8 heavy (non-hydrogen) atoms. The third-order valence-corrected chi connectivity index (χ3v) is 2.82. The first-order valence-electron chi connectivity index (χ1n) is 3.55. The van der Waals surface area contributed by atoms with E-state index < -0.39 is 0 Å². The van der Waals surface area contributed by atoms with Gasteiger partial charge in [-0.25, -0.2) is 0 Å². The monoisotopic (exact) mass is 111 g/mol. The third kappa shape index (κ3) is 0.368. The van der Waals surface area contributed by atoms with Crippen LogP contribution >= 0.6 is 0 Å². The van der Waals surface area contributed by atoms with Gasteiger partial charge in [0.15, 0.2) is 0 Å². The van der Waals surface area contributed by atoms with Crippen molar-refractivity contribution in [2.24, 2.45) is 11.8 Å². The van der Waals surface area contributed by atoms with Crippen LogP contribution in [0.3, 0.4) is 0 Å². The molecule has 1 N–H and O–H groups in total. The van der Waals surface area contributed by atoms with E-state index in [1.807, 2.05) is 0 Å². The Labute approximate surface area is 50.5 Å². The molecule has 2 aliphatic rings. The Kier molecular flexibility index (Phi) is 0.762. The molecule has 2 fully saturated rings. The summed E-state index contributed by atoms with van der Waals surface area (Å²) in [6, 6.07) is 1.74. The minimum absolute atomic E-state index is 0.830. The van der Waals surface area contributed by atoms with Crippen LogP contribution in [0.25, 0.3) is 0 Å². The Morgan fingerprint density at radius 3 is 2.25 bits per heavy atom. The van der Waals surface area contributed by atoms with E-state index in [1.165, 1.54) is 6.42 Å². The number of nitrogens with one attached hydrogen (secondary N) is 1. The second-order valence-corrected chi connectivity index (χ2v) is 3.36. The number of fused-ring (bicyclic) bond motifs is 1. The molecule has 1 aliphatic heterocycles. The van der Waals surface area contributed by atoms with E-state index in [2.05, 4.69) is 19.2 Å². The average Bonchev–Trinajstić information content (AvgIpc) is 1.76. The Morgan fingerprint density at radius 1 is 1.38 bits per heavy atom. The van der Waals surface area contributed by atoms with Gasteiger partial charge in [-0.15, -0.1) is 0 Å². The highest BCUT2D eigenvalue weighted by Crippen LogP contribution is 2.42. The molecule has 1 aliphatic carbocycles. The van der Waals surface area contributed by atoms with Gasteiger partial charge in [0.25, 0.3) is 0 Å². The summed E-state index contributed by atoms with van der Waals surface area (Å²) in [6.07, 6.45) is 1.47. The summed E-state index contributed by atoms with van der Waals surface area (Å²) in [7, 11) is 0. The van der Waals surface area contributed by atoms with Crippen molar-refractivity contribution in [1.29, 1.82) is 0 Å². The minimum atomic E-state index is 0.830. The van der Waals surface area contributed by atoms with Crippen LogP contribution in [-0.4, -0.2) is 12.1 Å². The van der Waals surface area contributed by atoms with E-state index in [-0.39, 0.29) is 0 Å². The van der Waals surface area contributed by atoms with Crippen molar-refractivity contribution in [3.63, 3.8) is 0 Å². The molecular weight excluding hydrogens is 98.1 g/mol. The highest BCUT2D eigenvalue weighted by atomic mass is 15.1. The first-order valence-corrected chi connectivity index (χ1v) is 3.55. The van der Waals surface area contributed by atoms with Crippen LogP contribution in [0.5, 0.6) is 0 Å². The van der Waals surface area contributed by atoms with E-state index in [1.54, 1.807) is 0 Å². The fourth-order valence-electron chi connectivity index (χ4n) is 2.06. The van der Waals surface area contributed by atoms with Crippen LogP contribution in [0.2, 0.25) is 0 Å². The van der Waals surface area contributed by atoms with Crippen molar-refractivity contribution < 1.29 is 0 Å². The van der Waals surface area contributed by atoms with Crippen LogP contribution in [0.1, 0.15) is 20.3 Å². The fourth-order valence-corrected chi connectivity index (χ4v) is 2.06. The van der Waals surface area contributed by atoms with Gasteiger partial charge in [-0.3, -0.25) is 0 Å². The zero-order valence-corrected chi connectivity index (χ0v) is 5.52. The molecule has 2 rings (SSSR count). The molecule has 0 radical (unpaired) electrons. The van der Waals surface area contributed by atoms with Crippen LogP contribution in [0.15, 0.2) is 0 Å². The topological polar surface area (TPSA) is 12.0 Å². The standard InChI is InChI=1S/C7H13N/c1-4-3-6-5(2)8-7(4)6/h4-8H,3H2,1-2H3. The van der Waals surface area contributed by atoms with Gasteiger partial charge in [0.2, 0.25) is 0 Å². The zero-order valence-electron chi connectivity index (χ0n) is 5.52. The maximum absolute atomic E-state index is 3.49. The number of rotatable bonds is 0. The normalized spacial score (nSPS) is 60.8. The van der Waals surface area contributed by atoms with Gasteiger partial charge in [0, 0.05) is 12.1 Å². The fraction of sp³-hybridized carbons (Fsp3) is 1.00. The maximum Gasteiger partial charge on any atom is 0.0138 e. The largest absolute Gasteiger partial charge is 0.311 e. The Bertz CT molecular complexity index is 97.0. The molecular formula is C7H13N. The molecule has 46 valence electrons. The van der Waals surface area contributed by atoms with Gasteiger partial charge in [0.1, 0.15) is 0 Å². The molecule has 0 spiro atoms. The molecule has 1 heteroatoms. The number of hydrogen-bond donors (Lipinski definition) is 1. The van der Waals surface area contributed by atoms with Crippen molar-refractivity contribution in [2.45, 2.75) is 32.4 Å². The Balaban J connectivity index is 1.96. The van der Waals surface area contributed by atoms with Crippen LogP contribution in [0, 0.1) is 11.8 Å². The lowest BCUT2D eigenvalue weighted by molar-refractivity contribution is -0.00634. The van der Waals surface area contributed by atoms with Gasteiger partial charge in [0.05, 0.1) is 0 Å². The molecule has 1 heterocycles. The minimum Gasteiger partial charge on any atom is -0.311 e. The molecule has 0 aromatic heterocycles. The van der Waals surface area contributed by atoms with Gasteiger partial charge in [-0.05, 0) is 25.2 Å². The summed E-state index contributed by atoms with van der Waals surface area (Å²) >= 11 is 0. The summed E-state index contributed by atoms with van der Waals surface area (Å²) < 4.78 is 0. The van der Waals surface area contributed by atoms with E-state index in [9.17, 15) is 0 Å². The molecule has 1 saturated carbocycles. The molecule has 0 bridgehead atoms. The van der Waals surface area contributed by atoms with E-state index >= 15 is 0 Å². The van der Waals surface area contributed by atoms with Crippen molar-refractivity contribution in [3.8, 4) is 0 Å². The smallest absolute Gasteiger partial charge is 0.0138 e. The van der Waals surface area contributed by atoms with Gasteiger partial charge < -0.3 is 5.32 Å².